The van der Waals surface area contributed by atoms with Gasteiger partial charge in [0.05, 0.1) is 7.11 Å². The van der Waals surface area contributed by atoms with Crippen molar-refractivity contribution in [3.63, 3.8) is 0 Å². The molecule has 1 fully saturated rings. The van der Waals surface area contributed by atoms with Crippen molar-refractivity contribution in [2.45, 2.75) is 52.0 Å². The van der Waals surface area contributed by atoms with Gasteiger partial charge in [0.2, 0.25) is 5.91 Å². The molecule has 1 rings (SSSR count). The van der Waals surface area contributed by atoms with E-state index in [1.807, 2.05) is 0 Å². The molecule has 116 valence electrons. The van der Waals surface area contributed by atoms with Crippen molar-refractivity contribution in [1.82, 2.24) is 4.90 Å². The topological polar surface area (TPSA) is 72.6 Å². The van der Waals surface area contributed by atoms with Crippen LogP contribution in [0.5, 0.6) is 0 Å². The second-order valence-corrected chi connectivity index (χ2v) is 6.06. The van der Waals surface area contributed by atoms with Crippen molar-refractivity contribution in [2.24, 2.45) is 17.6 Å². The third-order valence-electron chi connectivity index (χ3n) is 3.90. The van der Waals surface area contributed by atoms with Gasteiger partial charge >= 0.3 is 5.97 Å². The van der Waals surface area contributed by atoms with Gasteiger partial charge in [-0.3, -0.25) is 4.79 Å². The van der Waals surface area contributed by atoms with Gasteiger partial charge < -0.3 is 15.4 Å². The standard InChI is InChI=1S/C15H28N2O3/c1-11(2)8-12(10-16)9-14(18)17-7-5-4-6-13(17)15(19)20-3/h11-13H,4-10,16H2,1-3H3. The Morgan fingerprint density at radius 3 is 2.60 bits per heavy atom. The Hall–Kier alpha value is -1.10. The highest BCUT2D eigenvalue weighted by Gasteiger charge is 2.33. The number of likely N-dealkylation sites (tertiary alicyclic amines) is 1. The summed E-state index contributed by atoms with van der Waals surface area (Å²) in [6, 6.07) is -0.404. The second kappa shape index (κ2) is 8.25. The van der Waals surface area contributed by atoms with Crippen LogP contribution in [0.4, 0.5) is 0 Å². The van der Waals surface area contributed by atoms with Crippen LogP contribution in [0.1, 0.15) is 46.0 Å². The van der Waals surface area contributed by atoms with E-state index >= 15 is 0 Å². The monoisotopic (exact) mass is 284 g/mol. The molecular formula is C15H28N2O3. The smallest absolute Gasteiger partial charge is 0.328 e. The predicted molar refractivity (Wildman–Crippen MR) is 78.0 cm³/mol. The zero-order chi connectivity index (χ0) is 15.1. The summed E-state index contributed by atoms with van der Waals surface area (Å²) in [5, 5.41) is 0. The molecule has 20 heavy (non-hydrogen) atoms. The minimum Gasteiger partial charge on any atom is -0.467 e. The Morgan fingerprint density at radius 2 is 2.05 bits per heavy atom. The van der Waals surface area contributed by atoms with Crippen molar-refractivity contribution in [3.05, 3.63) is 0 Å². The molecule has 0 saturated carbocycles. The van der Waals surface area contributed by atoms with Crippen LogP contribution in [0.25, 0.3) is 0 Å². The van der Waals surface area contributed by atoms with Crippen LogP contribution in [-0.2, 0) is 14.3 Å². The lowest BCUT2D eigenvalue weighted by atomic mass is 9.92. The average molecular weight is 284 g/mol. The Bertz CT molecular complexity index is 331. The number of esters is 1. The summed E-state index contributed by atoms with van der Waals surface area (Å²) < 4.78 is 4.81. The van der Waals surface area contributed by atoms with Gasteiger partial charge in [0.25, 0.3) is 0 Å². The summed E-state index contributed by atoms with van der Waals surface area (Å²) in [5.41, 5.74) is 5.76. The summed E-state index contributed by atoms with van der Waals surface area (Å²) in [6.07, 6.45) is 4.00. The lowest BCUT2D eigenvalue weighted by Crippen LogP contribution is -2.49. The van der Waals surface area contributed by atoms with Gasteiger partial charge in [0.15, 0.2) is 0 Å². The number of carbonyl (C=O) groups excluding carboxylic acids is 2. The molecular weight excluding hydrogens is 256 g/mol. The van der Waals surface area contributed by atoms with E-state index in [-0.39, 0.29) is 17.8 Å². The molecule has 0 aromatic rings. The van der Waals surface area contributed by atoms with Gasteiger partial charge in [-0.05, 0) is 44.1 Å². The highest BCUT2D eigenvalue weighted by Crippen LogP contribution is 2.22. The molecule has 1 amide bonds. The van der Waals surface area contributed by atoms with E-state index in [0.29, 0.717) is 31.8 Å². The van der Waals surface area contributed by atoms with Crippen LogP contribution >= 0.6 is 0 Å². The summed E-state index contributed by atoms with van der Waals surface area (Å²) in [4.78, 5) is 25.9. The van der Waals surface area contributed by atoms with Crippen LogP contribution in [-0.4, -0.2) is 43.0 Å². The maximum Gasteiger partial charge on any atom is 0.328 e. The first-order valence-electron chi connectivity index (χ1n) is 7.57. The molecule has 1 saturated heterocycles. The highest BCUT2D eigenvalue weighted by atomic mass is 16.5. The lowest BCUT2D eigenvalue weighted by Gasteiger charge is -2.34. The summed E-state index contributed by atoms with van der Waals surface area (Å²) >= 11 is 0. The van der Waals surface area contributed by atoms with E-state index in [9.17, 15) is 9.59 Å². The highest BCUT2D eigenvalue weighted by molar-refractivity contribution is 5.84. The van der Waals surface area contributed by atoms with E-state index in [2.05, 4.69) is 13.8 Å². The number of piperidine rings is 1. The molecule has 2 atom stereocenters. The van der Waals surface area contributed by atoms with Crippen LogP contribution in [0.15, 0.2) is 0 Å². The molecule has 0 bridgehead atoms. The van der Waals surface area contributed by atoms with Gasteiger partial charge in [-0.1, -0.05) is 13.8 Å². The normalized spacial score (nSPS) is 20.9. The minimum absolute atomic E-state index is 0.0381. The van der Waals surface area contributed by atoms with Crippen LogP contribution in [0, 0.1) is 11.8 Å². The van der Waals surface area contributed by atoms with Gasteiger partial charge in [-0.25, -0.2) is 4.79 Å². The van der Waals surface area contributed by atoms with E-state index in [1.165, 1.54) is 7.11 Å². The third kappa shape index (κ3) is 4.78. The molecule has 5 heteroatoms. The molecule has 5 nitrogen and oxygen atoms in total. The lowest BCUT2D eigenvalue weighted by molar-refractivity contribution is -0.155. The first kappa shape index (κ1) is 17.0. The maximum atomic E-state index is 12.4. The Kier molecular flexibility index (Phi) is 6.99. The molecule has 1 heterocycles. The van der Waals surface area contributed by atoms with Crippen LogP contribution < -0.4 is 5.73 Å². The molecule has 1 aliphatic rings. The van der Waals surface area contributed by atoms with E-state index in [0.717, 1.165) is 19.3 Å². The molecule has 2 N–H and O–H groups in total. The summed E-state index contributed by atoms with van der Waals surface area (Å²) in [5.74, 6) is 0.458. The van der Waals surface area contributed by atoms with Gasteiger partial charge in [0.1, 0.15) is 6.04 Å². The molecule has 0 radical (unpaired) electrons. The molecule has 0 aromatic carbocycles. The van der Waals surface area contributed by atoms with Crippen molar-refractivity contribution in [2.75, 3.05) is 20.2 Å². The third-order valence-corrected chi connectivity index (χ3v) is 3.90. The van der Waals surface area contributed by atoms with Crippen molar-refractivity contribution in [1.29, 1.82) is 0 Å². The van der Waals surface area contributed by atoms with Gasteiger partial charge in [-0.15, -0.1) is 0 Å². The number of hydrogen-bond donors (Lipinski definition) is 1. The largest absolute Gasteiger partial charge is 0.467 e. The van der Waals surface area contributed by atoms with Gasteiger partial charge in [0, 0.05) is 13.0 Å². The van der Waals surface area contributed by atoms with Crippen molar-refractivity contribution in [3.8, 4) is 0 Å². The van der Waals surface area contributed by atoms with Crippen LogP contribution in [0.2, 0.25) is 0 Å². The fraction of sp³-hybridized carbons (Fsp3) is 0.867. The number of hydrogen-bond acceptors (Lipinski definition) is 4. The number of rotatable bonds is 6. The number of ether oxygens (including phenoxy) is 1. The van der Waals surface area contributed by atoms with E-state index in [4.69, 9.17) is 10.5 Å². The SMILES string of the molecule is COC(=O)C1CCCCN1C(=O)CC(CN)CC(C)C. The first-order valence-corrected chi connectivity index (χ1v) is 7.57. The summed E-state index contributed by atoms with van der Waals surface area (Å²) in [7, 11) is 1.38. The molecule has 0 aliphatic carbocycles. The van der Waals surface area contributed by atoms with Gasteiger partial charge in [-0.2, -0.15) is 0 Å². The molecule has 0 spiro atoms. The molecule has 0 aromatic heterocycles. The molecule has 1 aliphatic heterocycles. The Morgan fingerprint density at radius 1 is 1.35 bits per heavy atom. The average Bonchev–Trinajstić information content (AvgIpc) is 2.45. The maximum absolute atomic E-state index is 12.4. The Labute approximate surface area is 121 Å². The molecule has 2 unspecified atom stereocenters. The fourth-order valence-corrected chi connectivity index (χ4v) is 2.90. The number of carbonyl (C=O) groups is 2. The number of nitrogens with zero attached hydrogens (tertiary/aromatic N) is 1. The summed E-state index contributed by atoms with van der Waals surface area (Å²) in [6.45, 7) is 5.43. The van der Waals surface area contributed by atoms with E-state index in [1.54, 1.807) is 4.90 Å². The van der Waals surface area contributed by atoms with Crippen molar-refractivity contribution >= 4 is 11.9 Å². The predicted octanol–water partition coefficient (Wildman–Crippen LogP) is 1.55. The van der Waals surface area contributed by atoms with Crippen LogP contribution in [0.3, 0.4) is 0 Å². The van der Waals surface area contributed by atoms with Crippen molar-refractivity contribution < 1.29 is 14.3 Å². The zero-order valence-corrected chi connectivity index (χ0v) is 12.9. The first-order chi connectivity index (χ1) is 9.49. The Balaban J connectivity index is 2.64. The number of amides is 1. The minimum atomic E-state index is -0.404. The fourth-order valence-electron chi connectivity index (χ4n) is 2.90. The zero-order valence-electron chi connectivity index (χ0n) is 12.9. The quantitative estimate of drug-likeness (QED) is 0.751. The number of nitrogens with two attached hydrogens (primary N) is 1. The number of methoxy groups -OCH3 is 1. The second-order valence-electron chi connectivity index (χ2n) is 6.06. The van der Waals surface area contributed by atoms with E-state index < -0.39 is 6.04 Å².